The van der Waals surface area contributed by atoms with Crippen molar-refractivity contribution in [3.63, 3.8) is 0 Å². The lowest BCUT2D eigenvalue weighted by Crippen LogP contribution is -1.83. The lowest BCUT2D eigenvalue weighted by molar-refractivity contribution is 1.37. The first-order valence-electron chi connectivity index (χ1n) is 8.53. The molecule has 4 heteroatoms. The van der Waals surface area contributed by atoms with E-state index in [4.69, 9.17) is 0 Å². The van der Waals surface area contributed by atoms with E-state index in [-0.39, 0.29) is 0 Å². The van der Waals surface area contributed by atoms with Crippen molar-refractivity contribution in [3.05, 3.63) is 86.9 Å². The molecule has 0 spiro atoms. The number of aromatic nitrogens is 1. The van der Waals surface area contributed by atoms with Gasteiger partial charge in [-0.05, 0) is 36.3 Å². The Morgan fingerprint density at radius 3 is 2.30 bits per heavy atom. The number of benzene rings is 2. The molecule has 0 aliphatic carbocycles. The minimum atomic E-state index is 0.606. The van der Waals surface area contributed by atoms with Gasteiger partial charge < -0.3 is 0 Å². The second kappa shape index (κ2) is 7.71. The van der Waals surface area contributed by atoms with Crippen LogP contribution in [0.5, 0.6) is 0 Å². The van der Waals surface area contributed by atoms with Crippen LogP contribution in [0.4, 0.5) is 0 Å². The number of hydrogen-bond donors (Lipinski definition) is 0. The third-order valence-electron chi connectivity index (χ3n) is 4.19. The molecule has 0 fully saturated rings. The predicted molar refractivity (Wildman–Crippen MR) is 116 cm³/mol. The van der Waals surface area contributed by atoms with Gasteiger partial charge in [0.15, 0.2) is 0 Å². The smallest absolute Gasteiger partial charge is 0.134 e. The van der Waals surface area contributed by atoms with Gasteiger partial charge in [-0.2, -0.15) is 5.26 Å². The summed E-state index contributed by atoms with van der Waals surface area (Å²) < 4.78 is 0. The van der Waals surface area contributed by atoms with Crippen LogP contribution in [-0.2, 0) is 0 Å². The van der Waals surface area contributed by atoms with Crippen molar-refractivity contribution in [3.8, 4) is 28.5 Å². The molecular weight excluding hydrogens is 368 g/mol. The van der Waals surface area contributed by atoms with Crippen LogP contribution in [0.3, 0.4) is 0 Å². The summed E-state index contributed by atoms with van der Waals surface area (Å²) in [6.07, 6.45) is 1.92. The van der Waals surface area contributed by atoms with Crippen LogP contribution in [-0.4, -0.2) is 4.98 Å². The third-order valence-corrected chi connectivity index (χ3v) is 6.01. The van der Waals surface area contributed by atoms with Crippen molar-refractivity contribution in [2.75, 3.05) is 0 Å². The third kappa shape index (κ3) is 3.90. The van der Waals surface area contributed by atoms with Crippen LogP contribution in [0.2, 0.25) is 0 Å². The predicted octanol–water partition coefficient (Wildman–Crippen LogP) is 6.91. The Balaban J connectivity index is 1.60. The van der Waals surface area contributed by atoms with E-state index in [9.17, 15) is 5.26 Å². The molecule has 0 amide bonds. The molecule has 2 heterocycles. The van der Waals surface area contributed by atoms with E-state index >= 15 is 0 Å². The van der Waals surface area contributed by atoms with Gasteiger partial charge in [-0.3, -0.25) is 0 Å². The first-order valence-corrected chi connectivity index (χ1v) is 10.2. The Kier molecular flexibility index (Phi) is 4.97. The van der Waals surface area contributed by atoms with Gasteiger partial charge in [0, 0.05) is 20.7 Å². The van der Waals surface area contributed by atoms with Crippen molar-refractivity contribution in [2.24, 2.45) is 0 Å². The van der Waals surface area contributed by atoms with Gasteiger partial charge in [0.2, 0.25) is 0 Å². The fraction of sp³-hybridized carbons (Fsp3) is 0.0435. The molecule has 4 aromatic rings. The maximum absolute atomic E-state index is 9.54. The van der Waals surface area contributed by atoms with Crippen molar-refractivity contribution in [1.82, 2.24) is 4.98 Å². The van der Waals surface area contributed by atoms with Gasteiger partial charge in [0.1, 0.15) is 11.1 Å². The quantitative estimate of drug-likeness (QED) is 0.358. The largest absolute Gasteiger partial charge is 0.235 e. The second-order valence-electron chi connectivity index (χ2n) is 6.10. The molecular formula is C23H16N2S2. The molecule has 4 rings (SSSR count). The second-order valence-corrected chi connectivity index (χ2v) is 8.28. The molecule has 0 aliphatic heterocycles. The highest BCUT2D eigenvalue weighted by molar-refractivity contribution is 7.13. The fourth-order valence-corrected chi connectivity index (χ4v) is 4.42. The minimum absolute atomic E-state index is 0.606. The molecule has 0 N–H and O–H groups in total. The van der Waals surface area contributed by atoms with Crippen molar-refractivity contribution >= 4 is 34.3 Å². The molecule has 0 saturated heterocycles. The lowest BCUT2D eigenvalue weighted by Gasteiger charge is -2.02. The average Bonchev–Trinajstić information content (AvgIpc) is 3.36. The van der Waals surface area contributed by atoms with E-state index in [1.807, 2.05) is 35.7 Å². The van der Waals surface area contributed by atoms with E-state index in [1.54, 1.807) is 11.3 Å². The van der Waals surface area contributed by atoms with Gasteiger partial charge >= 0.3 is 0 Å². The average molecular weight is 385 g/mol. The minimum Gasteiger partial charge on any atom is -0.235 e. The molecule has 27 heavy (non-hydrogen) atoms. The molecule has 0 aliphatic rings. The lowest BCUT2D eigenvalue weighted by atomic mass is 10.0. The number of nitrogens with zero attached hydrogens (tertiary/aromatic N) is 2. The van der Waals surface area contributed by atoms with Crippen LogP contribution in [0.15, 0.2) is 72.1 Å². The Morgan fingerprint density at radius 2 is 1.63 bits per heavy atom. The summed E-state index contributed by atoms with van der Waals surface area (Å²) in [5.41, 5.74) is 4.94. The van der Waals surface area contributed by atoms with Gasteiger partial charge in [-0.25, -0.2) is 4.98 Å². The number of thiazole rings is 1. The summed E-state index contributed by atoms with van der Waals surface area (Å²) >= 11 is 3.18. The SMILES string of the molecule is Cc1ccc(/C=C(/C#N)c2nc(-c3ccc(-c4ccccc4)cc3)cs2)s1. The number of nitriles is 1. The highest BCUT2D eigenvalue weighted by Gasteiger charge is 2.10. The number of aryl methyl sites for hydroxylation is 1. The molecule has 2 aromatic carbocycles. The van der Waals surface area contributed by atoms with Crippen molar-refractivity contribution in [2.45, 2.75) is 6.92 Å². The summed E-state index contributed by atoms with van der Waals surface area (Å²) in [5.74, 6) is 0. The van der Waals surface area contributed by atoms with Crippen LogP contribution in [0, 0.1) is 18.3 Å². The highest BCUT2D eigenvalue weighted by Crippen LogP contribution is 2.30. The van der Waals surface area contributed by atoms with E-state index in [0.717, 1.165) is 21.1 Å². The highest BCUT2D eigenvalue weighted by atomic mass is 32.1. The van der Waals surface area contributed by atoms with Crippen molar-refractivity contribution in [1.29, 1.82) is 5.26 Å². The number of thiophene rings is 1. The van der Waals surface area contributed by atoms with E-state index < -0.39 is 0 Å². The number of hydrogen-bond acceptors (Lipinski definition) is 4. The van der Waals surface area contributed by atoms with Crippen LogP contribution >= 0.6 is 22.7 Å². The summed E-state index contributed by atoms with van der Waals surface area (Å²) in [4.78, 5) is 7.00. The van der Waals surface area contributed by atoms with Gasteiger partial charge in [0.05, 0.1) is 11.3 Å². The molecule has 0 saturated carbocycles. The monoisotopic (exact) mass is 384 g/mol. The fourth-order valence-electron chi connectivity index (χ4n) is 2.81. The van der Waals surface area contributed by atoms with E-state index in [2.05, 4.69) is 60.4 Å². The molecule has 0 radical (unpaired) electrons. The first kappa shape index (κ1) is 17.4. The summed E-state index contributed by atoms with van der Waals surface area (Å²) in [6.45, 7) is 2.06. The van der Waals surface area contributed by atoms with Gasteiger partial charge in [-0.15, -0.1) is 22.7 Å². The van der Waals surface area contributed by atoms with Crippen LogP contribution in [0.1, 0.15) is 14.8 Å². The van der Waals surface area contributed by atoms with E-state index in [1.165, 1.54) is 27.3 Å². The first-order chi connectivity index (χ1) is 13.2. The van der Waals surface area contributed by atoms with Gasteiger partial charge in [-0.1, -0.05) is 54.6 Å². The Labute approximate surface area is 166 Å². The molecule has 2 nitrogen and oxygen atoms in total. The molecule has 130 valence electrons. The van der Waals surface area contributed by atoms with Crippen LogP contribution in [0.25, 0.3) is 34.0 Å². The maximum atomic E-state index is 9.54. The normalized spacial score (nSPS) is 11.3. The summed E-state index contributed by atoms with van der Waals surface area (Å²) in [6, 6.07) is 25.1. The molecule has 0 bridgehead atoms. The zero-order chi connectivity index (χ0) is 18.6. The van der Waals surface area contributed by atoms with Crippen LogP contribution < -0.4 is 0 Å². The Hall–Kier alpha value is -3.00. The standard InChI is InChI=1S/C23H16N2S2/c1-16-7-12-21(27-16)13-20(14-24)23-25-22(15-26-23)19-10-8-18(9-11-19)17-5-3-2-4-6-17/h2-13,15H,1H3/b20-13-. The number of rotatable bonds is 4. The zero-order valence-corrected chi connectivity index (χ0v) is 16.3. The maximum Gasteiger partial charge on any atom is 0.134 e. The Morgan fingerprint density at radius 1 is 0.926 bits per heavy atom. The van der Waals surface area contributed by atoms with E-state index in [0.29, 0.717) is 5.57 Å². The Bertz CT molecular complexity index is 1130. The summed E-state index contributed by atoms with van der Waals surface area (Å²) in [5, 5.41) is 12.3. The zero-order valence-electron chi connectivity index (χ0n) is 14.7. The molecule has 2 aromatic heterocycles. The summed E-state index contributed by atoms with van der Waals surface area (Å²) in [7, 11) is 0. The van der Waals surface area contributed by atoms with Gasteiger partial charge in [0.25, 0.3) is 0 Å². The topological polar surface area (TPSA) is 36.7 Å². The van der Waals surface area contributed by atoms with Crippen molar-refractivity contribution < 1.29 is 0 Å². The molecule has 0 atom stereocenters. The molecule has 0 unspecified atom stereocenters. The number of allylic oxidation sites excluding steroid dienone is 1.